The molecule has 130 valence electrons. The topological polar surface area (TPSA) is 29.5 Å². The second-order valence-corrected chi connectivity index (χ2v) is 8.67. The van der Waals surface area contributed by atoms with Crippen molar-refractivity contribution in [2.24, 2.45) is 11.3 Å². The number of halogens is 2. The molecule has 0 bridgehead atoms. The Balaban J connectivity index is 1.66. The molecule has 1 saturated heterocycles. The van der Waals surface area contributed by atoms with Gasteiger partial charge in [0.1, 0.15) is 0 Å². The van der Waals surface area contributed by atoms with E-state index in [2.05, 4.69) is 51.8 Å². The molecule has 1 aliphatic heterocycles. The number of methoxy groups -OCH3 is 1. The average Bonchev–Trinajstić information content (AvgIpc) is 2.93. The van der Waals surface area contributed by atoms with Crippen LogP contribution in [0.15, 0.2) is 24.3 Å². The van der Waals surface area contributed by atoms with Crippen molar-refractivity contribution >= 4 is 28.6 Å². The van der Waals surface area contributed by atoms with E-state index in [0.29, 0.717) is 12.5 Å². The lowest BCUT2D eigenvalue weighted by Gasteiger charge is -2.69. The molecule has 3 nitrogen and oxygen atoms in total. The maximum Gasteiger partial charge on any atom is 0.310 e. The predicted octanol–water partition coefficient (Wildman–Crippen LogP) is 3.76. The number of piperidine rings is 1. The van der Waals surface area contributed by atoms with Crippen LogP contribution in [0, 0.1) is 14.9 Å². The third-order valence-corrected chi connectivity index (χ3v) is 7.31. The van der Waals surface area contributed by atoms with E-state index in [0.717, 1.165) is 13.0 Å². The van der Waals surface area contributed by atoms with Gasteiger partial charge in [-0.2, -0.15) is 0 Å². The summed E-state index contributed by atoms with van der Waals surface area (Å²) in [7, 11) is 1.49. The van der Waals surface area contributed by atoms with Gasteiger partial charge < -0.3 is 4.74 Å². The average molecular weight is 439 g/mol. The van der Waals surface area contributed by atoms with Gasteiger partial charge in [0.25, 0.3) is 0 Å². The minimum atomic E-state index is -0.285. The Morgan fingerprint density at radius 2 is 2.17 bits per heavy atom. The van der Waals surface area contributed by atoms with Crippen molar-refractivity contribution in [2.75, 3.05) is 20.3 Å². The van der Waals surface area contributed by atoms with Crippen LogP contribution in [-0.2, 0) is 9.53 Å². The highest BCUT2D eigenvalue weighted by molar-refractivity contribution is 14.1. The zero-order chi connectivity index (χ0) is 16.9. The predicted molar refractivity (Wildman–Crippen MR) is 98.6 cm³/mol. The lowest BCUT2D eigenvalue weighted by atomic mass is 9.52. The van der Waals surface area contributed by atoms with Gasteiger partial charge in [0.15, 0.2) is 0 Å². The smallest absolute Gasteiger partial charge is 0.310 e. The number of likely N-dealkylation sites (tertiary alicyclic amines) is 1. The van der Waals surface area contributed by atoms with Crippen molar-refractivity contribution in [1.82, 2.24) is 4.90 Å². The Hall–Kier alpha value is -0.690. The summed E-state index contributed by atoms with van der Waals surface area (Å²) >= 11 is 2.31. The summed E-state index contributed by atoms with van der Waals surface area (Å²) in [6.45, 7) is 0.479. The highest BCUT2D eigenvalue weighted by Gasteiger charge is 2.73. The molecule has 1 heterocycles. The molecule has 3 aliphatic rings. The van der Waals surface area contributed by atoms with E-state index in [4.69, 9.17) is 4.74 Å². The Morgan fingerprint density at radius 3 is 2.75 bits per heavy atom. The molecule has 0 amide bonds. The van der Waals surface area contributed by atoms with E-state index < -0.39 is 0 Å². The van der Waals surface area contributed by atoms with Crippen LogP contribution in [0.5, 0.6) is 0 Å². The number of carbonyl (C=O) groups excluding carboxylic acids is 1. The number of hydrogen-bond donors (Lipinski definition) is 0. The van der Waals surface area contributed by atoms with Crippen molar-refractivity contribution in [3.8, 4) is 0 Å². The third-order valence-electron chi connectivity index (χ3n) is 6.59. The molecule has 2 saturated carbocycles. The lowest BCUT2D eigenvalue weighted by molar-refractivity contribution is -0.204. The fraction of sp³-hybridized carbons (Fsp3) is 0.632. The minimum absolute atomic E-state index is 0.101. The Bertz CT molecular complexity index is 637. The number of benzene rings is 1. The number of esters is 1. The number of alkyl halides is 1. The van der Waals surface area contributed by atoms with E-state index in [-0.39, 0.29) is 35.9 Å². The molecule has 2 aliphatic carbocycles. The Morgan fingerprint density at radius 1 is 1.42 bits per heavy atom. The second kappa shape index (κ2) is 6.24. The van der Waals surface area contributed by atoms with Gasteiger partial charge in [-0.3, -0.25) is 14.1 Å². The molecular weight excluding hydrogens is 416 g/mol. The van der Waals surface area contributed by atoms with Crippen LogP contribution < -0.4 is 0 Å². The molecule has 0 aromatic heterocycles. The fourth-order valence-corrected chi connectivity index (χ4v) is 5.97. The monoisotopic (exact) mass is 439 g/mol. The second-order valence-electron chi connectivity index (χ2n) is 7.42. The summed E-state index contributed by atoms with van der Waals surface area (Å²) in [6, 6.07) is 9.32. The normalized spacial score (nSPS) is 37.1. The van der Waals surface area contributed by atoms with Crippen LogP contribution >= 0.6 is 22.6 Å². The first-order valence-electron chi connectivity index (χ1n) is 8.77. The summed E-state index contributed by atoms with van der Waals surface area (Å²) in [5.41, 5.74) is 1.51. The number of rotatable bonds is 5. The highest BCUT2D eigenvalue weighted by Crippen LogP contribution is 2.70. The van der Waals surface area contributed by atoms with Crippen LogP contribution in [0.25, 0.3) is 0 Å². The largest absolute Gasteiger partial charge is 0.469 e. The van der Waals surface area contributed by atoms with E-state index in [1.165, 1.54) is 29.1 Å². The van der Waals surface area contributed by atoms with Gasteiger partial charge in [-0.05, 0) is 71.9 Å². The third kappa shape index (κ3) is 2.26. The summed E-state index contributed by atoms with van der Waals surface area (Å²) in [5.74, 6) is -0.000118. The molecule has 5 heteroatoms. The molecule has 4 rings (SSSR count). The summed E-state index contributed by atoms with van der Waals surface area (Å²) in [6.07, 6.45) is 4.01. The van der Waals surface area contributed by atoms with Gasteiger partial charge in [-0.25, -0.2) is 0 Å². The van der Waals surface area contributed by atoms with E-state index in [9.17, 15) is 9.18 Å². The van der Waals surface area contributed by atoms with Crippen LogP contribution in [0.2, 0.25) is 0 Å². The molecule has 0 radical (unpaired) electrons. The van der Waals surface area contributed by atoms with Crippen molar-refractivity contribution in [1.29, 1.82) is 0 Å². The van der Waals surface area contributed by atoms with Gasteiger partial charge >= 0.3 is 5.97 Å². The highest BCUT2D eigenvalue weighted by atomic mass is 123. The van der Waals surface area contributed by atoms with Crippen LogP contribution in [-0.4, -0.2) is 43.3 Å². The maximum absolute atomic E-state index is 12.7. The zero-order valence-electron chi connectivity index (χ0n) is 13.9. The number of ether oxygens (including phenoxy) is 1. The van der Waals surface area contributed by atoms with Crippen LogP contribution in [0.4, 0.5) is 4.39 Å². The standard InChI is InChI=1S/C19H23FINO2/c1-24-18(23)16-14(12-3-5-13(21)6-4-12)11-19-8-7-15(19)22(17(16)19)10-2-9-20/h3-6,14-17H,2,7-11H2,1H3/i21-4. The van der Waals surface area contributed by atoms with Crippen LogP contribution in [0.3, 0.4) is 0 Å². The molecule has 3 fully saturated rings. The molecule has 1 spiro atoms. The van der Waals surface area contributed by atoms with Crippen molar-refractivity contribution in [3.05, 3.63) is 33.4 Å². The molecule has 5 atom stereocenters. The summed E-state index contributed by atoms with van der Waals surface area (Å²) in [4.78, 5) is 15.0. The first-order valence-corrected chi connectivity index (χ1v) is 9.85. The Labute approximate surface area is 156 Å². The quantitative estimate of drug-likeness (QED) is 0.517. The molecule has 1 aromatic carbocycles. The number of hydrogen-bond acceptors (Lipinski definition) is 3. The lowest BCUT2D eigenvalue weighted by Crippen LogP contribution is -2.76. The molecular formula is C19H23FINO2. The first-order chi connectivity index (χ1) is 11.6. The zero-order valence-corrected chi connectivity index (χ0v) is 16.0. The summed E-state index contributed by atoms with van der Waals surface area (Å²) < 4.78 is 19.1. The van der Waals surface area contributed by atoms with Crippen LogP contribution in [0.1, 0.15) is 37.2 Å². The van der Waals surface area contributed by atoms with Crippen molar-refractivity contribution in [2.45, 2.75) is 43.7 Å². The van der Waals surface area contributed by atoms with Crippen molar-refractivity contribution < 1.29 is 13.9 Å². The molecule has 24 heavy (non-hydrogen) atoms. The SMILES string of the molecule is COC(=O)C1C(c2ccc([123I])cc2)CC23CCC2N(CCCF)C13. The van der Waals surface area contributed by atoms with Crippen molar-refractivity contribution in [3.63, 3.8) is 0 Å². The first kappa shape index (κ1) is 16.8. The minimum Gasteiger partial charge on any atom is -0.469 e. The van der Waals surface area contributed by atoms with Gasteiger partial charge in [0.2, 0.25) is 0 Å². The molecule has 0 N–H and O–H groups in total. The Kier molecular flexibility index (Phi) is 4.35. The number of carbonyl (C=O) groups is 1. The van der Waals surface area contributed by atoms with Gasteiger partial charge in [-0.1, -0.05) is 12.1 Å². The molecule has 5 unspecified atom stereocenters. The maximum atomic E-state index is 12.7. The van der Waals surface area contributed by atoms with Gasteiger partial charge in [0.05, 0.1) is 19.7 Å². The van der Waals surface area contributed by atoms with Gasteiger partial charge in [0, 0.05) is 27.6 Å². The fourth-order valence-electron chi connectivity index (χ4n) is 5.61. The van der Waals surface area contributed by atoms with E-state index in [1.807, 2.05) is 0 Å². The van der Waals surface area contributed by atoms with E-state index in [1.54, 1.807) is 0 Å². The number of nitrogens with zero attached hydrogens (tertiary/aromatic N) is 1. The molecule has 1 aromatic rings. The van der Waals surface area contributed by atoms with Gasteiger partial charge in [-0.15, -0.1) is 0 Å². The van der Waals surface area contributed by atoms with E-state index >= 15 is 0 Å². The summed E-state index contributed by atoms with van der Waals surface area (Å²) in [5, 5.41) is 0.